The summed E-state index contributed by atoms with van der Waals surface area (Å²) in [6.45, 7) is -0.574. The summed E-state index contributed by atoms with van der Waals surface area (Å²) in [6.07, 6.45) is -0.594. The average Bonchev–Trinajstić information content (AvgIpc) is 2.87. The van der Waals surface area contributed by atoms with E-state index < -0.39 is 30.6 Å². The smallest absolute Gasteiger partial charge is 0.323 e. The second-order valence-corrected chi connectivity index (χ2v) is 8.65. The Kier molecular flexibility index (Phi) is 7.80. The number of amides is 2. The summed E-state index contributed by atoms with van der Waals surface area (Å²) >= 11 is 6.05. The summed E-state index contributed by atoms with van der Waals surface area (Å²) < 4.78 is 5.81. The van der Waals surface area contributed by atoms with Crippen molar-refractivity contribution in [3.63, 3.8) is 0 Å². The molecular formula is C27H25ClN2O5. The van der Waals surface area contributed by atoms with Gasteiger partial charge in [0.05, 0.1) is 6.04 Å². The van der Waals surface area contributed by atoms with Crippen molar-refractivity contribution in [2.75, 3.05) is 24.6 Å². The summed E-state index contributed by atoms with van der Waals surface area (Å²) in [6, 6.07) is 24.7. The topological polar surface area (TPSA) is 87.1 Å². The van der Waals surface area contributed by atoms with E-state index in [1.165, 1.54) is 9.80 Å². The van der Waals surface area contributed by atoms with Gasteiger partial charge in [-0.05, 0) is 41.8 Å². The molecule has 0 unspecified atom stereocenters. The van der Waals surface area contributed by atoms with Crippen LogP contribution in [0.2, 0.25) is 5.02 Å². The third-order valence-electron chi connectivity index (χ3n) is 5.86. The number of anilines is 1. The Bertz CT molecular complexity index is 1170. The molecule has 8 heteroatoms. The Hall–Kier alpha value is -3.68. The number of carbonyl (C=O) groups is 3. The van der Waals surface area contributed by atoms with Gasteiger partial charge in [-0.15, -0.1) is 0 Å². The van der Waals surface area contributed by atoms with Crippen LogP contribution in [0.4, 0.5) is 5.69 Å². The predicted molar refractivity (Wildman–Crippen MR) is 132 cm³/mol. The van der Waals surface area contributed by atoms with Crippen LogP contribution in [0.1, 0.15) is 17.2 Å². The largest absolute Gasteiger partial charge is 0.480 e. The van der Waals surface area contributed by atoms with Crippen molar-refractivity contribution in [2.24, 2.45) is 0 Å². The van der Waals surface area contributed by atoms with Crippen molar-refractivity contribution < 1.29 is 24.2 Å². The SMILES string of the molecule is O=C(O)CN(CCc1ccccc1)C(=O)[C@@H]1OCC(=O)N(c2ccc(Cl)cc2)[C@@H]1c1ccccc1. The molecule has 0 aliphatic carbocycles. The molecule has 3 aromatic carbocycles. The minimum atomic E-state index is -1.12. The van der Waals surface area contributed by atoms with Crippen molar-refractivity contribution in [3.05, 3.63) is 101 Å². The molecule has 0 saturated carbocycles. The fourth-order valence-corrected chi connectivity index (χ4v) is 4.34. The Morgan fingerprint density at radius 1 is 0.971 bits per heavy atom. The van der Waals surface area contributed by atoms with Gasteiger partial charge in [-0.25, -0.2) is 0 Å². The van der Waals surface area contributed by atoms with Gasteiger partial charge in [0.1, 0.15) is 13.2 Å². The monoisotopic (exact) mass is 492 g/mol. The highest BCUT2D eigenvalue weighted by atomic mass is 35.5. The molecule has 2 atom stereocenters. The normalized spacial score (nSPS) is 17.7. The lowest BCUT2D eigenvalue weighted by Gasteiger charge is -2.42. The lowest BCUT2D eigenvalue weighted by atomic mass is 9.95. The van der Waals surface area contributed by atoms with E-state index in [-0.39, 0.29) is 19.1 Å². The Labute approximate surface area is 208 Å². The third kappa shape index (κ3) is 5.88. The van der Waals surface area contributed by atoms with Gasteiger partial charge in [-0.3, -0.25) is 19.3 Å². The minimum absolute atomic E-state index is 0.200. The van der Waals surface area contributed by atoms with Crippen molar-refractivity contribution >= 4 is 35.1 Å². The van der Waals surface area contributed by atoms with Crippen molar-refractivity contribution in [2.45, 2.75) is 18.6 Å². The number of morpholine rings is 1. The van der Waals surface area contributed by atoms with Gasteiger partial charge in [0.25, 0.3) is 11.8 Å². The molecule has 35 heavy (non-hydrogen) atoms. The van der Waals surface area contributed by atoms with E-state index in [1.54, 1.807) is 24.3 Å². The number of benzene rings is 3. The Morgan fingerprint density at radius 3 is 2.23 bits per heavy atom. The summed E-state index contributed by atoms with van der Waals surface area (Å²) in [7, 11) is 0. The van der Waals surface area contributed by atoms with Crippen LogP contribution in [-0.4, -0.2) is 53.6 Å². The molecule has 1 N–H and O–H groups in total. The number of carboxylic acid groups (broad SMARTS) is 1. The molecule has 0 radical (unpaired) electrons. The van der Waals surface area contributed by atoms with Crippen LogP contribution in [-0.2, 0) is 25.5 Å². The van der Waals surface area contributed by atoms with Gasteiger partial charge in [-0.2, -0.15) is 0 Å². The van der Waals surface area contributed by atoms with Crippen LogP contribution in [0, 0.1) is 0 Å². The number of aliphatic carboxylic acids is 1. The second kappa shape index (κ2) is 11.2. The highest BCUT2D eigenvalue weighted by Crippen LogP contribution is 2.36. The zero-order valence-electron chi connectivity index (χ0n) is 18.9. The van der Waals surface area contributed by atoms with Gasteiger partial charge in [0.2, 0.25) is 0 Å². The second-order valence-electron chi connectivity index (χ2n) is 8.22. The maximum atomic E-state index is 13.8. The molecule has 3 aromatic rings. The number of nitrogens with zero attached hydrogens (tertiary/aromatic N) is 2. The van der Waals surface area contributed by atoms with Crippen molar-refractivity contribution in [1.29, 1.82) is 0 Å². The number of carboxylic acids is 1. The zero-order chi connectivity index (χ0) is 24.8. The van der Waals surface area contributed by atoms with E-state index >= 15 is 0 Å². The van der Waals surface area contributed by atoms with Gasteiger partial charge in [0.15, 0.2) is 6.10 Å². The summed E-state index contributed by atoms with van der Waals surface area (Å²) in [5.74, 6) is -1.91. The first-order chi connectivity index (χ1) is 16.9. The highest BCUT2D eigenvalue weighted by molar-refractivity contribution is 6.30. The summed E-state index contributed by atoms with van der Waals surface area (Å²) in [4.78, 5) is 41.2. The van der Waals surface area contributed by atoms with Crippen molar-refractivity contribution in [1.82, 2.24) is 4.90 Å². The first kappa shape index (κ1) is 24.4. The van der Waals surface area contributed by atoms with Crippen LogP contribution >= 0.6 is 11.6 Å². The van der Waals surface area contributed by atoms with E-state index in [2.05, 4.69) is 0 Å². The lowest BCUT2D eigenvalue weighted by Crippen LogP contribution is -2.56. The molecule has 1 aliphatic rings. The van der Waals surface area contributed by atoms with E-state index in [9.17, 15) is 19.5 Å². The fourth-order valence-electron chi connectivity index (χ4n) is 4.22. The summed E-state index contributed by atoms with van der Waals surface area (Å²) in [5.41, 5.74) is 2.26. The Morgan fingerprint density at radius 2 is 1.60 bits per heavy atom. The number of ether oxygens (including phenoxy) is 1. The lowest BCUT2D eigenvalue weighted by molar-refractivity contribution is -0.156. The number of hydrogen-bond donors (Lipinski definition) is 1. The van der Waals surface area contributed by atoms with Crippen LogP contribution < -0.4 is 4.90 Å². The minimum Gasteiger partial charge on any atom is -0.480 e. The molecule has 0 bridgehead atoms. The molecule has 1 heterocycles. The maximum absolute atomic E-state index is 13.8. The van der Waals surface area contributed by atoms with Crippen molar-refractivity contribution in [3.8, 4) is 0 Å². The number of hydrogen-bond acceptors (Lipinski definition) is 4. The molecule has 1 saturated heterocycles. The molecule has 180 valence electrons. The van der Waals surface area contributed by atoms with Gasteiger partial charge < -0.3 is 14.7 Å². The predicted octanol–water partition coefficient (Wildman–Crippen LogP) is 3.97. The van der Waals surface area contributed by atoms with Crippen LogP contribution in [0.5, 0.6) is 0 Å². The molecular weight excluding hydrogens is 468 g/mol. The number of carbonyl (C=O) groups excluding carboxylic acids is 2. The quantitative estimate of drug-likeness (QED) is 0.514. The molecule has 2 amide bonds. The molecule has 7 nitrogen and oxygen atoms in total. The molecule has 1 fully saturated rings. The number of rotatable bonds is 8. The average molecular weight is 493 g/mol. The van der Waals surface area contributed by atoms with E-state index in [4.69, 9.17) is 16.3 Å². The first-order valence-corrected chi connectivity index (χ1v) is 11.6. The molecule has 1 aliphatic heterocycles. The van der Waals surface area contributed by atoms with Crippen LogP contribution in [0.3, 0.4) is 0 Å². The maximum Gasteiger partial charge on any atom is 0.323 e. The van der Waals surface area contributed by atoms with E-state index in [0.29, 0.717) is 22.7 Å². The van der Waals surface area contributed by atoms with E-state index in [0.717, 1.165) is 5.56 Å². The summed E-state index contributed by atoms with van der Waals surface area (Å²) in [5, 5.41) is 10.0. The van der Waals surface area contributed by atoms with Gasteiger partial charge >= 0.3 is 5.97 Å². The van der Waals surface area contributed by atoms with E-state index in [1.807, 2.05) is 60.7 Å². The molecule has 4 rings (SSSR count). The standard InChI is InChI=1S/C27H25ClN2O5/c28-21-11-13-22(14-12-21)30-23(31)18-35-26(25(30)20-9-5-2-6-10-20)27(34)29(17-24(32)33)16-15-19-7-3-1-4-8-19/h1-14,25-26H,15-18H2,(H,32,33)/t25-,26-/m1/s1. The molecule has 0 aromatic heterocycles. The first-order valence-electron chi connectivity index (χ1n) is 11.2. The third-order valence-corrected chi connectivity index (χ3v) is 6.11. The Balaban J connectivity index is 1.68. The van der Waals surface area contributed by atoms with Crippen LogP contribution in [0.25, 0.3) is 0 Å². The van der Waals surface area contributed by atoms with Gasteiger partial charge in [0, 0.05) is 17.3 Å². The number of halogens is 1. The van der Waals surface area contributed by atoms with Gasteiger partial charge in [-0.1, -0.05) is 72.3 Å². The van der Waals surface area contributed by atoms with Crippen LogP contribution in [0.15, 0.2) is 84.9 Å². The zero-order valence-corrected chi connectivity index (χ0v) is 19.7. The molecule has 0 spiro atoms. The fraction of sp³-hybridized carbons (Fsp3) is 0.222. The highest BCUT2D eigenvalue weighted by Gasteiger charge is 2.44.